The maximum absolute atomic E-state index is 8.76. The lowest BCUT2D eigenvalue weighted by Crippen LogP contribution is -1.86. The molecular weight excluding hydrogens is 206 g/mol. The number of benzene rings is 2. The van der Waals surface area contributed by atoms with Crippen molar-refractivity contribution in [3.63, 3.8) is 0 Å². The monoisotopic (exact) mass is 217 g/mol. The van der Waals surface area contributed by atoms with Gasteiger partial charge in [0, 0.05) is 5.57 Å². The van der Waals surface area contributed by atoms with Crippen LogP contribution >= 0.6 is 0 Å². The molecule has 0 fully saturated rings. The second kappa shape index (κ2) is 4.99. The van der Waals surface area contributed by atoms with E-state index in [4.69, 9.17) is 5.26 Å². The smallest absolute Gasteiger partial charge is 0.0991 e. The highest BCUT2D eigenvalue weighted by atomic mass is 14.2. The topological polar surface area (TPSA) is 23.8 Å². The Balaban J connectivity index is 2.45. The quantitative estimate of drug-likeness (QED) is 0.702. The van der Waals surface area contributed by atoms with E-state index in [0.29, 0.717) is 5.56 Å². The van der Waals surface area contributed by atoms with Gasteiger partial charge < -0.3 is 0 Å². The Morgan fingerprint density at radius 1 is 0.882 bits per heavy atom. The zero-order chi connectivity index (χ0) is 12.1. The zero-order valence-electron chi connectivity index (χ0n) is 9.35. The summed E-state index contributed by atoms with van der Waals surface area (Å²) < 4.78 is 0. The highest BCUT2D eigenvalue weighted by Gasteiger charge is 2.03. The van der Waals surface area contributed by atoms with Crippen molar-refractivity contribution >= 4 is 5.57 Å². The molecule has 0 spiro atoms. The molecule has 0 atom stereocenters. The van der Waals surface area contributed by atoms with Crippen LogP contribution in [0, 0.1) is 11.3 Å². The average molecular weight is 217 g/mol. The summed E-state index contributed by atoms with van der Waals surface area (Å²) in [5, 5.41) is 8.76. The Kier molecular flexibility index (Phi) is 3.21. The fraction of sp³-hybridized carbons (Fsp3) is 0. The van der Waals surface area contributed by atoms with E-state index in [2.05, 4.69) is 18.4 Å². The molecule has 0 aliphatic rings. The molecule has 0 N–H and O–H groups in total. The number of hydrogen-bond donors (Lipinski definition) is 0. The fourth-order valence-electron chi connectivity index (χ4n) is 1.69. The number of rotatable bonds is 2. The first-order chi connectivity index (χ1) is 8.35. The molecule has 0 aliphatic heterocycles. The van der Waals surface area contributed by atoms with Gasteiger partial charge in [-0.1, -0.05) is 49.0 Å². The van der Waals surface area contributed by atoms with Gasteiger partial charge in [0.25, 0.3) is 0 Å². The standard InChI is InChI=1S/C16H11N/c1-2-16(14-6-4-3-5-7-14)15-10-8-13(12-17)9-11-15/h3-11H,1H2. The summed E-state index contributed by atoms with van der Waals surface area (Å²) in [6.45, 7) is 3.73. The molecule has 1 nitrogen and oxygen atoms in total. The third-order valence-electron chi connectivity index (χ3n) is 2.54. The molecule has 0 unspecified atom stereocenters. The van der Waals surface area contributed by atoms with E-state index in [1.807, 2.05) is 42.5 Å². The van der Waals surface area contributed by atoms with E-state index in [1.54, 1.807) is 12.1 Å². The lowest BCUT2D eigenvalue weighted by molar-refractivity contribution is 1.47. The van der Waals surface area contributed by atoms with Crippen molar-refractivity contribution in [2.45, 2.75) is 0 Å². The fourth-order valence-corrected chi connectivity index (χ4v) is 1.69. The Labute approximate surface area is 101 Å². The summed E-state index contributed by atoms with van der Waals surface area (Å²) >= 11 is 0. The molecule has 0 radical (unpaired) electrons. The molecule has 0 bridgehead atoms. The average Bonchev–Trinajstić information content (AvgIpc) is 2.42. The maximum atomic E-state index is 8.76. The minimum atomic E-state index is 0.658. The van der Waals surface area contributed by atoms with Crippen molar-refractivity contribution in [2.75, 3.05) is 0 Å². The van der Waals surface area contributed by atoms with Gasteiger partial charge in [0.15, 0.2) is 0 Å². The molecule has 2 aromatic carbocycles. The van der Waals surface area contributed by atoms with Crippen LogP contribution in [0.4, 0.5) is 0 Å². The summed E-state index contributed by atoms with van der Waals surface area (Å²) in [6.07, 6.45) is 0. The molecule has 0 saturated carbocycles. The predicted octanol–water partition coefficient (Wildman–Crippen LogP) is 3.77. The number of nitrogens with zero attached hydrogens (tertiary/aromatic N) is 1. The van der Waals surface area contributed by atoms with E-state index in [1.165, 1.54) is 0 Å². The van der Waals surface area contributed by atoms with Gasteiger partial charge in [-0.05, 0) is 23.3 Å². The van der Waals surface area contributed by atoms with E-state index in [-0.39, 0.29) is 0 Å². The second-order valence-electron chi connectivity index (χ2n) is 3.61. The Hall–Kier alpha value is -2.55. The molecule has 0 heterocycles. The predicted molar refractivity (Wildman–Crippen MR) is 69.2 cm³/mol. The van der Waals surface area contributed by atoms with Crippen molar-refractivity contribution in [1.82, 2.24) is 0 Å². The summed E-state index contributed by atoms with van der Waals surface area (Å²) in [5.41, 5.74) is 6.66. The van der Waals surface area contributed by atoms with Crippen LogP contribution in [0.2, 0.25) is 0 Å². The third kappa shape index (κ3) is 2.34. The molecule has 2 aromatic rings. The van der Waals surface area contributed by atoms with Gasteiger partial charge in [-0.15, -0.1) is 5.73 Å². The van der Waals surface area contributed by atoms with Crippen LogP contribution in [-0.2, 0) is 0 Å². The summed E-state index contributed by atoms with van der Waals surface area (Å²) in [6, 6.07) is 19.5. The van der Waals surface area contributed by atoms with Gasteiger partial charge in [0.1, 0.15) is 0 Å². The normalized spacial score (nSPS) is 9.12. The van der Waals surface area contributed by atoms with Crippen molar-refractivity contribution < 1.29 is 0 Å². The van der Waals surface area contributed by atoms with E-state index >= 15 is 0 Å². The molecule has 80 valence electrons. The van der Waals surface area contributed by atoms with Gasteiger partial charge in [-0.2, -0.15) is 5.26 Å². The first kappa shape index (κ1) is 11.0. The minimum Gasteiger partial charge on any atom is -0.192 e. The highest BCUT2D eigenvalue weighted by molar-refractivity contribution is 5.79. The van der Waals surface area contributed by atoms with E-state index in [0.717, 1.165) is 16.7 Å². The van der Waals surface area contributed by atoms with Crippen LogP contribution in [0.1, 0.15) is 16.7 Å². The molecule has 17 heavy (non-hydrogen) atoms. The molecule has 0 aliphatic carbocycles. The summed E-state index contributed by atoms with van der Waals surface area (Å²) in [5.74, 6) is 0. The number of hydrogen-bond acceptors (Lipinski definition) is 1. The third-order valence-corrected chi connectivity index (χ3v) is 2.54. The van der Waals surface area contributed by atoms with Crippen molar-refractivity contribution in [3.8, 4) is 6.07 Å². The molecular formula is C16H11N. The number of nitriles is 1. The Morgan fingerprint density at radius 3 is 2.00 bits per heavy atom. The Bertz CT molecular complexity index is 594. The summed E-state index contributed by atoms with van der Waals surface area (Å²) in [4.78, 5) is 0. The van der Waals surface area contributed by atoms with Crippen LogP contribution in [-0.4, -0.2) is 0 Å². The van der Waals surface area contributed by atoms with Crippen LogP contribution in [0.15, 0.2) is 66.9 Å². The van der Waals surface area contributed by atoms with Gasteiger partial charge in [-0.3, -0.25) is 0 Å². The van der Waals surface area contributed by atoms with Gasteiger partial charge in [0.2, 0.25) is 0 Å². The first-order valence-corrected chi connectivity index (χ1v) is 5.31. The maximum Gasteiger partial charge on any atom is 0.0991 e. The summed E-state index contributed by atoms with van der Waals surface area (Å²) in [7, 11) is 0. The van der Waals surface area contributed by atoms with Crippen molar-refractivity contribution in [1.29, 1.82) is 5.26 Å². The van der Waals surface area contributed by atoms with E-state index < -0.39 is 0 Å². The van der Waals surface area contributed by atoms with Crippen molar-refractivity contribution in [2.24, 2.45) is 0 Å². The SMILES string of the molecule is C=C=C(c1ccccc1)c1ccc(C#N)cc1. The van der Waals surface area contributed by atoms with Gasteiger partial charge in [-0.25, -0.2) is 0 Å². The zero-order valence-corrected chi connectivity index (χ0v) is 9.35. The molecule has 0 aromatic heterocycles. The lowest BCUT2D eigenvalue weighted by atomic mass is 9.98. The second-order valence-corrected chi connectivity index (χ2v) is 3.61. The molecule has 0 amide bonds. The molecule has 1 heteroatoms. The molecule has 0 saturated heterocycles. The van der Waals surface area contributed by atoms with Crippen LogP contribution in [0.3, 0.4) is 0 Å². The largest absolute Gasteiger partial charge is 0.192 e. The Morgan fingerprint density at radius 2 is 1.47 bits per heavy atom. The van der Waals surface area contributed by atoms with Crippen LogP contribution in [0.5, 0.6) is 0 Å². The van der Waals surface area contributed by atoms with Gasteiger partial charge >= 0.3 is 0 Å². The first-order valence-electron chi connectivity index (χ1n) is 5.31. The lowest BCUT2D eigenvalue weighted by Gasteiger charge is -2.05. The minimum absolute atomic E-state index is 0.658. The highest BCUT2D eigenvalue weighted by Crippen LogP contribution is 2.22. The van der Waals surface area contributed by atoms with Crippen LogP contribution in [0.25, 0.3) is 5.57 Å². The van der Waals surface area contributed by atoms with Crippen LogP contribution < -0.4 is 0 Å². The molecule has 2 rings (SSSR count). The van der Waals surface area contributed by atoms with Crippen molar-refractivity contribution in [3.05, 3.63) is 83.6 Å². The van der Waals surface area contributed by atoms with Gasteiger partial charge in [0.05, 0.1) is 11.6 Å². The van der Waals surface area contributed by atoms with E-state index in [9.17, 15) is 0 Å².